The van der Waals surface area contributed by atoms with Gasteiger partial charge in [0.1, 0.15) is 0 Å². The third kappa shape index (κ3) is 15.6. The molecule has 0 saturated heterocycles. The summed E-state index contributed by atoms with van der Waals surface area (Å²) in [5.74, 6) is -5.63. The molecule has 0 amide bonds. The zero-order valence-corrected chi connectivity index (χ0v) is 25.0. The van der Waals surface area contributed by atoms with Crippen LogP contribution in [0.1, 0.15) is 25.7 Å². The van der Waals surface area contributed by atoms with E-state index in [0.717, 1.165) is 0 Å². The van der Waals surface area contributed by atoms with E-state index in [1.165, 1.54) is 9.80 Å². The van der Waals surface area contributed by atoms with E-state index in [0.29, 0.717) is 25.7 Å². The Kier molecular flexibility index (Phi) is 25.8. The Morgan fingerprint density at radius 3 is 0.857 bits per heavy atom. The van der Waals surface area contributed by atoms with Crippen LogP contribution in [0.4, 0.5) is 0 Å². The molecule has 0 atom stereocenters. The van der Waals surface area contributed by atoms with Gasteiger partial charge in [-0.2, -0.15) is 0 Å². The van der Waals surface area contributed by atoms with Crippen LogP contribution in [0.2, 0.25) is 0 Å². The van der Waals surface area contributed by atoms with Crippen molar-refractivity contribution in [2.75, 3.05) is 26.2 Å². The summed E-state index contributed by atoms with van der Waals surface area (Å²) in [5.41, 5.74) is 0. The van der Waals surface area contributed by atoms with Crippen molar-refractivity contribution in [3.05, 3.63) is 0 Å². The van der Waals surface area contributed by atoms with Gasteiger partial charge in [-0.15, -0.1) is 0 Å². The molecule has 0 unspecified atom stereocenters. The smallest absolute Gasteiger partial charge is 0.549 e. The first-order valence-corrected chi connectivity index (χ1v) is 7.46. The quantitative estimate of drug-likeness (QED) is 0.301. The summed E-state index contributed by atoms with van der Waals surface area (Å²) in [6.45, 7) is -2.20. The van der Waals surface area contributed by atoms with Crippen molar-refractivity contribution in [3.8, 4) is 0 Å². The van der Waals surface area contributed by atoms with Crippen LogP contribution in [0, 0.1) is 0 Å². The number of nitrogens with zero attached hydrogens (tertiary/aromatic N) is 2. The van der Waals surface area contributed by atoms with Crippen LogP contribution in [0.3, 0.4) is 0 Å². The Morgan fingerprint density at radius 2 is 0.714 bits per heavy atom. The van der Waals surface area contributed by atoms with Gasteiger partial charge in [-0.25, -0.2) is 0 Å². The van der Waals surface area contributed by atoms with Crippen molar-refractivity contribution >= 4 is 23.9 Å². The van der Waals surface area contributed by atoms with Crippen LogP contribution in [0.25, 0.3) is 0 Å². The standard InChI is InChI=1S/C14H22N2O8.4Na/c17-11(18)5-15(6-12(19)20)9-1-2-10(4-3-9)16(7-13(21)22)8-14(23)24;;;;/h9-10H,1-8H2,(H,17,18)(H,19,20)(H,21,22)(H,23,24);;;;/q;4*+1/p-4. The average molecular weight is 434 g/mol. The van der Waals surface area contributed by atoms with Crippen molar-refractivity contribution in [2.45, 2.75) is 37.8 Å². The largest absolute Gasteiger partial charge is 1.00 e. The van der Waals surface area contributed by atoms with Gasteiger partial charge in [-0.3, -0.25) is 9.80 Å². The van der Waals surface area contributed by atoms with Crippen LogP contribution in [-0.2, 0) is 19.2 Å². The van der Waals surface area contributed by atoms with Crippen LogP contribution in [-0.4, -0.2) is 71.9 Å². The monoisotopic (exact) mass is 434 g/mol. The maximum atomic E-state index is 10.7. The molecule has 0 radical (unpaired) electrons. The maximum absolute atomic E-state index is 10.7. The fourth-order valence-electron chi connectivity index (χ4n) is 3.08. The molecule has 1 saturated carbocycles. The summed E-state index contributed by atoms with van der Waals surface area (Å²) in [5, 5.41) is 42.9. The van der Waals surface area contributed by atoms with E-state index in [2.05, 4.69) is 0 Å². The molecular weight excluding hydrogens is 416 g/mol. The number of rotatable bonds is 10. The molecule has 0 aromatic carbocycles. The van der Waals surface area contributed by atoms with Crippen molar-refractivity contribution < 1.29 is 158 Å². The van der Waals surface area contributed by atoms with Crippen LogP contribution in [0.15, 0.2) is 0 Å². The summed E-state index contributed by atoms with van der Waals surface area (Å²) in [6.07, 6.45) is 1.56. The van der Waals surface area contributed by atoms with Crippen molar-refractivity contribution in [1.82, 2.24) is 9.80 Å². The molecule has 0 heterocycles. The molecule has 136 valence electrons. The maximum Gasteiger partial charge on any atom is 1.00 e. The predicted molar refractivity (Wildman–Crippen MR) is 69.2 cm³/mol. The van der Waals surface area contributed by atoms with Gasteiger partial charge in [0.2, 0.25) is 0 Å². The Morgan fingerprint density at radius 1 is 0.536 bits per heavy atom. The first-order chi connectivity index (χ1) is 11.2. The van der Waals surface area contributed by atoms with E-state index in [-0.39, 0.29) is 130 Å². The normalized spacial score (nSPS) is 17.9. The fourth-order valence-corrected chi connectivity index (χ4v) is 3.08. The van der Waals surface area contributed by atoms with E-state index in [1.807, 2.05) is 0 Å². The summed E-state index contributed by atoms with van der Waals surface area (Å²) in [6, 6.07) is -0.686. The van der Waals surface area contributed by atoms with Crippen molar-refractivity contribution in [1.29, 1.82) is 0 Å². The predicted octanol–water partition coefficient (Wildman–Crippen LogP) is -18.1. The van der Waals surface area contributed by atoms with Gasteiger partial charge in [-0.1, -0.05) is 0 Å². The van der Waals surface area contributed by atoms with Gasteiger partial charge in [0.05, 0.1) is 23.9 Å². The van der Waals surface area contributed by atoms with Crippen molar-refractivity contribution in [2.24, 2.45) is 0 Å². The molecule has 0 aromatic rings. The third-order valence-electron chi connectivity index (χ3n) is 4.03. The molecule has 0 N–H and O–H groups in total. The molecule has 10 nitrogen and oxygen atoms in total. The first kappa shape index (κ1) is 37.1. The van der Waals surface area contributed by atoms with E-state index < -0.39 is 50.1 Å². The number of carboxylic acid groups (broad SMARTS) is 4. The molecule has 0 aromatic heterocycles. The van der Waals surface area contributed by atoms with Crippen LogP contribution < -0.4 is 139 Å². The molecule has 1 fully saturated rings. The second kappa shape index (κ2) is 19.5. The summed E-state index contributed by atoms with van der Waals surface area (Å²) in [7, 11) is 0. The number of hydrogen-bond acceptors (Lipinski definition) is 10. The Bertz CT molecular complexity index is 428. The second-order valence-corrected chi connectivity index (χ2v) is 5.76. The second-order valence-electron chi connectivity index (χ2n) is 5.76. The fraction of sp³-hybridized carbons (Fsp3) is 0.714. The summed E-state index contributed by atoms with van der Waals surface area (Å²) >= 11 is 0. The van der Waals surface area contributed by atoms with Gasteiger partial charge >= 0.3 is 118 Å². The molecule has 0 bridgehead atoms. The molecular formula is C14H18N2Na4O8. The van der Waals surface area contributed by atoms with E-state index in [4.69, 9.17) is 0 Å². The molecule has 1 aliphatic carbocycles. The molecule has 28 heavy (non-hydrogen) atoms. The van der Waals surface area contributed by atoms with Crippen LogP contribution >= 0.6 is 0 Å². The Balaban J connectivity index is -0.000000720. The van der Waals surface area contributed by atoms with Gasteiger partial charge < -0.3 is 39.6 Å². The zero-order valence-electron chi connectivity index (χ0n) is 17.0. The molecule has 14 heteroatoms. The minimum atomic E-state index is -1.41. The van der Waals surface area contributed by atoms with E-state index >= 15 is 0 Å². The average Bonchev–Trinajstić information content (AvgIpc) is 2.44. The van der Waals surface area contributed by atoms with Gasteiger partial charge in [0.25, 0.3) is 0 Å². The summed E-state index contributed by atoms with van der Waals surface area (Å²) < 4.78 is 0. The molecule has 0 spiro atoms. The number of carbonyl (C=O) groups is 4. The number of aliphatic carboxylic acids is 4. The minimum Gasteiger partial charge on any atom is -0.549 e. The third-order valence-corrected chi connectivity index (χ3v) is 4.03. The molecule has 0 aliphatic heterocycles. The van der Waals surface area contributed by atoms with Crippen molar-refractivity contribution in [3.63, 3.8) is 0 Å². The topological polar surface area (TPSA) is 167 Å². The van der Waals surface area contributed by atoms with Gasteiger partial charge in [0.15, 0.2) is 0 Å². The van der Waals surface area contributed by atoms with Gasteiger partial charge in [-0.05, 0) is 25.7 Å². The number of carboxylic acids is 4. The first-order valence-electron chi connectivity index (χ1n) is 7.46. The van der Waals surface area contributed by atoms with E-state index in [9.17, 15) is 39.6 Å². The SMILES string of the molecule is O=C([O-])CN(CC(=O)[O-])C1CCC(N(CC(=O)[O-])CC(=O)[O-])CC1.[Na+].[Na+].[Na+].[Na+]. The Labute approximate surface area is 251 Å². The zero-order chi connectivity index (χ0) is 18.3. The van der Waals surface area contributed by atoms with Crippen LogP contribution in [0.5, 0.6) is 0 Å². The number of hydrogen-bond donors (Lipinski definition) is 0. The summed E-state index contributed by atoms with van der Waals surface area (Å²) in [4.78, 5) is 45.4. The Hall–Kier alpha value is 1.80. The minimum absolute atomic E-state index is 0. The molecule has 1 rings (SSSR count). The molecule has 1 aliphatic rings. The van der Waals surface area contributed by atoms with Gasteiger partial charge in [0, 0.05) is 38.3 Å². The van der Waals surface area contributed by atoms with E-state index in [1.54, 1.807) is 0 Å². The number of carbonyl (C=O) groups excluding carboxylic acids is 4.